The smallest absolute Gasteiger partial charge is 0.243 e. The van der Waals surface area contributed by atoms with Crippen molar-refractivity contribution in [1.82, 2.24) is 15.3 Å². The van der Waals surface area contributed by atoms with Gasteiger partial charge < -0.3 is 5.32 Å². The number of carbonyl (C=O) groups excluding carboxylic acids is 1. The topological polar surface area (TPSA) is 66.9 Å². The van der Waals surface area contributed by atoms with Crippen LogP contribution in [0.15, 0.2) is 6.07 Å². The molecule has 0 bridgehead atoms. The van der Waals surface area contributed by atoms with Crippen LogP contribution >= 0.6 is 0 Å². The maximum Gasteiger partial charge on any atom is 0.243 e. The summed E-state index contributed by atoms with van der Waals surface area (Å²) >= 11 is 0. The molecule has 1 aromatic heterocycles. The molecule has 2 heterocycles. The van der Waals surface area contributed by atoms with Crippen molar-refractivity contribution in [3.05, 3.63) is 17.5 Å². The van der Waals surface area contributed by atoms with E-state index < -0.39 is 0 Å². The van der Waals surface area contributed by atoms with E-state index in [9.17, 15) is 4.79 Å². The number of piperidine rings is 1. The van der Waals surface area contributed by atoms with Crippen LogP contribution in [0.4, 0.5) is 5.95 Å². The molecular formula is C13H20N4O. The van der Waals surface area contributed by atoms with Gasteiger partial charge in [-0.3, -0.25) is 10.1 Å². The number of anilines is 1. The summed E-state index contributed by atoms with van der Waals surface area (Å²) in [7, 11) is 0. The molecule has 1 fully saturated rings. The van der Waals surface area contributed by atoms with Gasteiger partial charge in [0.15, 0.2) is 0 Å². The molecule has 1 aliphatic rings. The number of amides is 1. The average molecular weight is 248 g/mol. The van der Waals surface area contributed by atoms with E-state index in [0.29, 0.717) is 11.9 Å². The number of aromatic nitrogens is 2. The van der Waals surface area contributed by atoms with Gasteiger partial charge >= 0.3 is 0 Å². The standard InChI is InChI=1S/C13H20N4O/c1-8-4-5-14-11(6-8)12(18)17-13-15-9(2)7-10(3)16-13/h7-8,11,14H,4-6H2,1-3H3,(H,15,16,17,18). The number of nitrogens with one attached hydrogen (secondary N) is 2. The maximum atomic E-state index is 12.1. The van der Waals surface area contributed by atoms with Crippen LogP contribution in [0.3, 0.4) is 0 Å². The van der Waals surface area contributed by atoms with Crippen LogP contribution in [0.25, 0.3) is 0 Å². The summed E-state index contributed by atoms with van der Waals surface area (Å²) in [6.45, 7) is 6.86. The highest BCUT2D eigenvalue weighted by Crippen LogP contribution is 2.16. The Morgan fingerprint density at radius 1 is 1.39 bits per heavy atom. The van der Waals surface area contributed by atoms with Crippen molar-refractivity contribution in [3.63, 3.8) is 0 Å². The lowest BCUT2D eigenvalue weighted by Crippen LogP contribution is -2.45. The lowest BCUT2D eigenvalue weighted by Gasteiger charge is -2.26. The van der Waals surface area contributed by atoms with Gasteiger partial charge in [0.05, 0.1) is 6.04 Å². The number of hydrogen-bond acceptors (Lipinski definition) is 4. The largest absolute Gasteiger partial charge is 0.306 e. The van der Waals surface area contributed by atoms with Crippen LogP contribution in [0.5, 0.6) is 0 Å². The molecule has 2 rings (SSSR count). The number of carbonyl (C=O) groups is 1. The molecular weight excluding hydrogens is 228 g/mol. The molecule has 0 spiro atoms. The first-order valence-corrected chi connectivity index (χ1v) is 6.41. The Balaban J connectivity index is 2.02. The molecule has 1 aliphatic heterocycles. The van der Waals surface area contributed by atoms with E-state index in [-0.39, 0.29) is 11.9 Å². The quantitative estimate of drug-likeness (QED) is 0.830. The van der Waals surface area contributed by atoms with Crippen LogP contribution in [0.2, 0.25) is 0 Å². The molecule has 1 saturated heterocycles. The number of rotatable bonds is 2. The summed E-state index contributed by atoms with van der Waals surface area (Å²) < 4.78 is 0. The molecule has 2 unspecified atom stereocenters. The number of nitrogens with zero attached hydrogens (tertiary/aromatic N) is 2. The van der Waals surface area contributed by atoms with Crippen LogP contribution in [-0.2, 0) is 4.79 Å². The van der Waals surface area contributed by atoms with Gasteiger partial charge in [0.2, 0.25) is 11.9 Å². The first-order chi connectivity index (χ1) is 8.54. The van der Waals surface area contributed by atoms with E-state index in [0.717, 1.165) is 30.8 Å². The van der Waals surface area contributed by atoms with Crippen LogP contribution in [0, 0.1) is 19.8 Å². The molecule has 18 heavy (non-hydrogen) atoms. The highest BCUT2D eigenvalue weighted by Gasteiger charge is 2.24. The Morgan fingerprint density at radius 3 is 2.67 bits per heavy atom. The van der Waals surface area contributed by atoms with Crippen molar-refractivity contribution in [2.75, 3.05) is 11.9 Å². The Kier molecular flexibility index (Phi) is 3.91. The molecule has 2 N–H and O–H groups in total. The summed E-state index contributed by atoms with van der Waals surface area (Å²) in [5.41, 5.74) is 1.73. The minimum atomic E-state index is -0.127. The molecule has 0 aromatic carbocycles. The third-order valence-corrected chi connectivity index (χ3v) is 3.20. The Bertz CT molecular complexity index is 426. The van der Waals surface area contributed by atoms with E-state index in [4.69, 9.17) is 0 Å². The molecule has 98 valence electrons. The lowest BCUT2D eigenvalue weighted by molar-refractivity contribution is -0.119. The molecule has 1 amide bonds. The maximum absolute atomic E-state index is 12.1. The van der Waals surface area contributed by atoms with Crippen molar-refractivity contribution >= 4 is 11.9 Å². The molecule has 0 radical (unpaired) electrons. The van der Waals surface area contributed by atoms with Crippen LogP contribution in [-0.4, -0.2) is 28.5 Å². The van der Waals surface area contributed by atoms with Crippen molar-refractivity contribution < 1.29 is 4.79 Å². The van der Waals surface area contributed by atoms with E-state index in [1.54, 1.807) is 0 Å². The van der Waals surface area contributed by atoms with Gasteiger partial charge in [-0.2, -0.15) is 0 Å². The monoisotopic (exact) mass is 248 g/mol. The summed E-state index contributed by atoms with van der Waals surface area (Å²) in [5, 5.41) is 6.02. The Hall–Kier alpha value is -1.49. The van der Waals surface area contributed by atoms with E-state index in [2.05, 4.69) is 27.5 Å². The van der Waals surface area contributed by atoms with Gasteiger partial charge in [0, 0.05) is 11.4 Å². The molecule has 5 heteroatoms. The summed E-state index contributed by atoms with van der Waals surface area (Å²) in [6, 6.07) is 1.76. The Morgan fingerprint density at radius 2 is 2.06 bits per heavy atom. The zero-order valence-electron chi connectivity index (χ0n) is 11.2. The van der Waals surface area contributed by atoms with Gasteiger partial charge in [-0.05, 0) is 45.2 Å². The molecule has 5 nitrogen and oxygen atoms in total. The van der Waals surface area contributed by atoms with Crippen molar-refractivity contribution in [1.29, 1.82) is 0 Å². The first-order valence-electron chi connectivity index (χ1n) is 6.41. The van der Waals surface area contributed by atoms with Gasteiger partial charge in [0.1, 0.15) is 0 Å². The predicted octanol–water partition coefficient (Wildman–Crippen LogP) is 1.42. The molecule has 0 saturated carbocycles. The second-order valence-corrected chi connectivity index (χ2v) is 5.10. The van der Waals surface area contributed by atoms with Gasteiger partial charge in [-0.25, -0.2) is 9.97 Å². The molecule has 2 atom stereocenters. The molecule has 0 aliphatic carbocycles. The van der Waals surface area contributed by atoms with Gasteiger partial charge in [0.25, 0.3) is 0 Å². The van der Waals surface area contributed by atoms with Crippen molar-refractivity contribution in [2.24, 2.45) is 5.92 Å². The first kappa shape index (κ1) is 13.0. The zero-order valence-corrected chi connectivity index (χ0v) is 11.2. The third kappa shape index (κ3) is 3.26. The average Bonchev–Trinajstić information content (AvgIpc) is 2.27. The van der Waals surface area contributed by atoms with Crippen molar-refractivity contribution in [2.45, 2.75) is 39.7 Å². The summed E-state index contributed by atoms with van der Waals surface area (Å²) in [4.78, 5) is 20.5. The second-order valence-electron chi connectivity index (χ2n) is 5.10. The van der Waals surface area contributed by atoms with Gasteiger partial charge in [-0.1, -0.05) is 6.92 Å². The van der Waals surface area contributed by atoms with Crippen LogP contribution < -0.4 is 10.6 Å². The summed E-state index contributed by atoms with van der Waals surface area (Å²) in [5.74, 6) is 0.950. The third-order valence-electron chi connectivity index (χ3n) is 3.20. The Labute approximate surface area is 107 Å². The van der Waals surface area contributed by atoms with E-state index in [1.807, 2.05) is 19.9 Å². The SMILES string of the molecule is Cc1cc(C)nc(NC(=O)C2CC(C)CCN2)n1. The van der Waals surface area contributed by atoms with E-state index in [1.165, 1.54) is 0 Å². The molecule has 1 aromatic rings. The second kappa shape index (κ2) is 5.44. The lowest BCUT2D eigenvalue weighted by atomic mass is 9.94. The minimum Gasteiger partial charge on any atom is -0.306 e. The zero-order chi connectivity index (χ0) is 13.1. The predicted molar refractivity (Wildman–Crippen MR) is 70.3 cm³/mol. The summed E-state index contributed by atoms with van der Waals surface area (Å²) in [6.07, 6.45) is 2.00. The highest BCUT2D eigenvalue weighted by atomic mass is 16.2. The fourth-order valence-corrected chi connectivity index (χ4v) is 2.29. The van der Waals surface area contributed by atoms with Gasteiger partial charge in [-0.15, -0.1) is 0 Å². The number of hydrogen-bond donors (Lipinski definition) is 2. The fourth-order valence-electron chi connectivity index (χ4n) is 2.29. The number of aryl methyl sites for hydroxylation is 2. The van der Waals surface area contributed by atoms with E-state index >= 15 is 0 Å². The van der Waals surface area contributed by atoms with Crippen molar-refractivity contribution in [3.8, 4) is 0 Å². The fraction of sp³-hybridized carbons (Fsp3) is 0.615. The normalized spacial score (nSPS) is 23.7. The minimum absolute atomic E-state index is 0.0356. The highest BCUT2D eigenvalue weighted by molar-refractivity contribution is 5.93. The van der Waals surface area contributed by atoms with Crippen LogP contribution in [0.1, 0.15) is 31.2 Å².